The van der Waals surface area contributed by atoms with Crippen LogP contribution in [0.1, 0.15) is 18.9 Å². The Labute approximate surface area is 80.9 Å². The summed E-state index contributed by atoms with van der Waals surface area (Å²) in [6, 6.07) is 10.3. The fraction of sp³-hybridized carbons (Fsp3) is 0.455. The molecule has 0 bridgehead atoms. The lowest BCUT2D eigenvalue weighted by Gasteiger charge is -1.93. The summed E-state index contributed by atoms with van der Waals surface area (Å²) in [5, 5.41) is 0. The topological polar surface area (TPSA) is 52.0 Å². The van der Waals surface area contributed by atoms with Crippen LogP contribution < -0.4 is 11.5 Å². The third kappa shape index (κ3) is 7.50. The van der Waals surface area contributed by atoms with E-state index in [1.54, 1.807) is 0 Å². The second-order valence-corrected chi connectivity index (χ2v) is 2.81. The summed E-state index contributed by atoms with van der Waals surface area (Å²) in [6.45, 7) is 3.62. The van der Waals surface area contributed by atoms with Gasteiger partial charge in [0.05, 0.1) is 0 Å². The zero-order valence-electron chi connectivity index (χ0n) is 8.37. The van der Waals surface area contributed by atoms with Gasteiger partial charge in [-0.3, -0.25) is 0 Å². The third-order valence-electron chi connectivity index (χ3n) is 1.56. The van der Waals surface area contributed by atoms with Crippen molar-refractivity contribution in [3.05, 3.63) is 35.9 Å². The molecule has 2 nitrogen and oxygen atoms in total. The van der Waals surface area contributed by atoms with Crippen LogP contribution in [0.4, 0.5) is 0 Å². The van der Waals surface area contributed by atoms with Crippen molar-refractivity contribution in [3.63, 3.8) is 0 Å². The van der Waals surface area contributed by atoms with E-state index in [0.717, 1.165) is 25.9 Å². The average molecular weight is 180 g/mol. The number of hydrogen-bond acceptors (Lipinski definition) is 2. The van der Waals surface area contributed by atoms with Crippen molar-refractivity contribution in [2.75, 3.05) is 13.1 Å². The Morgan fingerprint density at radius 3 is 1.92 bits per heavy atom. The predicted molar refractivity (Wildman–Crippen MR) is 58.5 cm³/mol. The second-order valence-electron chi connectivity index (χ2n) is 2.81. The minimum atomic E-state index is 0.740. The van der Waals surface area contributed by atoms with Crippen LogP contribution in [0, 0.1) is 0 Å². The Hall–Kier alpha value is -0.860. The van der Waals surface area contributed by atoms with Gasteiger partial charge in [-0.25, -0.2) is 0 Å². The van der Waals surface area contributed by atoms with Crippen LogP contribution in [0.5, 0.6) is 0 Å². The molecule has 0 aromatic heterocycles. The molecule has 1 aromatic rings. The standard InChI is InChI=1S/C8H11N.C3H9N/c9-7-6-8-4-2-1-3-5-8;1-2-3-4/h1-5H,6-7,9H2;2-4H2,1H3. The molecule has 0 saturated heterocycles. The molecule has 0 atom stereocenters. The van der Waals surface area contributed by atoms with Gasteiger partial charge in [0, 0.05) is 0 Å². The van der Waals surface area contributed by atoms with E-state index >= 15 is 0 Å². The lowest BCUT2D eigenvalue weighted by Crippen LogP contribution is -2.01. The van der Waals surface area contributed by atoms with E-state index in [-0.39, 0.29) is 0 Å². The van der Waals surface area contributed by atoms with E-state index in [1.165, 1.54) is 5.56 Å². The molecule has 0 heterocycles. The van der Waals surface area contributed by atoms with Crippen molar-refractivity contribution >= 4 is 0 Å². The van der Waals surface area contributed by atoms with Crippen molar-refractivity contribution in [1.82, 2.24) is 0 Å². The molecule has 1 rings (SSSR count). The summed E-state index contributed by atoms with van der Waals surface area (Å²) in [7, 11) is 0. The molecular formula is C11H20N2. The lowest BCUT2D eigenvalue weighted by molar-refractivity contribution is 0.932. The maximum Gasteiger partial charge on any atom is -0.00367 e. The highest BCUT2D eigenvalue weighted by atomic mass is 14.5. The maximum absolute atomic E-state index is 5.36. The van der Waals surface area contributed by atoms with Crippen molar-refractivity contribution in [1.29, 1.82) is 0 Å². The molecule has 0 aliphatic heterocycles. The zero-order valence-corrected chi connectivity index (χ0v) is 8.37. The second kappa shape index (κ2) is 9.23. The first kappa shape index (κ1) is 12.1. The molecule has 1 aromatic carbocycles. The summed E-state index contributed by atoms with van der Waals surface area (Å²) in [6.07, 6.45) is 2.08. The van der Waals surface area contributed by atoms with Gasteiger partial charge in [0.1, 0.15) is 0 Å². The normalized spacial score (nSPS) is 8.85. The number of benzene rings is 1. The van der Waals surface area contributed by atoms with Gasteiger partial charge in [0.25, 0.3) is 0 Å². The van der Waals surface area contributed by atoms with Crippen molar-refractivity contribution in [3.8, 4) is 0 Å². The van der Waals surface area contributed by atoms with Crippen LogP contribution in [0.3, 0.4) is 0 Å². The molecule has 0 aliphatic carbocycles. The minimum absolute atomic E-state index is 0.740. The summed E-state index contributed by atoms with van der Waals surface area (Å²) in [5.41, 5.74) is 11.7. The molecule has 0 spiro atoms. The van der Waals surface area contributed by atoms with Gasteiger partial charge in [0.2, 0.25) is 0 Å². The van der Waals surface area contributed by atoms with E-state index in [4.69, 9.17) is 11.5 Å². The summed E-state index contributed by atoms with van der Waals surface area (Å²) >= 11 is 0. The average Bonchev–Trinajstić information content (AvgIpc) is 2.20. The Kier molecular flexibility index (Phi) is 8.62. The van der Waals surface area contributed by atoms with E-state index in [0.29, 0.717) is 0 Å². The van der Waals surface area contributed by atoms with Crippen molar-refractivity contribution in [2.24, 2.45) is 11.5 Å². The van der Waals surface area contributed by atoms with Gasteiger partial charge in [0.15, 0.2) is 0 Å². The lowest BCUT2D eigenvalue weighted by atomic mass is 10.2. The zero-order chi connectivity index (χ0) is 9.94. The van der Waals surface area contributed by atoms with Gasteiger partial charge >= 0.3 is 0 Å². The van der Waals surface area contributed by atoms with Crippen LogP contribution in [0.2, 0.25) is 0 Å². The number of nitrogens with two attached hydrogens (primary N) is 2. The fourth-order valence-corrected chi connectivity index (χ4v) is 0.811. The van der Waals surface area contributed by atoms with E-state index in [1.807, 2.05) is 18.2 Å². The predicted octanol–water partition coefficient (Wildman–Crippen LogP) is 1.54. The van der Waals surface area contributed by atoms with Gasteiger partial charge in [-0.1, -0.05) is 37.3 Å². The minimum Gasteiger partial charge on any atom is -0.330 e. The fourth-order valence-electron chi connectivity index (χ4n) is 0.811. The smallest absolute Gasteiger partial charge is 0.00367 e. The number of rotatable bonds is 3. The quantitative estimate of drug-likeness (QED) is 0.741. The maximum atomic E-state index is 5.36. The molecule has 2 heteroatoms. The van der Waals surface area contributed by atoms with E-state index in [2.05, 4.69) is 19.1 Å². The molecule has 0 unspecified atom stereocenters. The van der Waals surface area contributed by atoms with E-state index < -0.39 is 0 Å². The Bertz CT molecular complexity index is 183. The van der Waals surface area contributed by atoms with E-state index in [9.17, 15) is 0 Å². The van der Waals surface area contributed by atoms with Gasteiger partial charge in [-0.15, -0.1) is 0 Å². The van der Waals surface area contributed by atoms with Gasteiger partial charge < -0.3 is 11.5 Å². The molecule has 4 N–H and O–H groups in total. The highest BCUT2D eigenvalue weighted by molar-refractivity contribution is 5.14. The largest absolute Gasteiger partial charge is 0.330 e. The molecule has 0 saturated carbocycles. The monoisotopic (exact) mass is 180 g/mol. The highest BCUT2D eigenvalue weighted by Crippen LogP contribution is 1.96. The molecule has 74 valence electrons. The van der Waals surface area contributed by atoms with Crippen molar-refractivity contribution < 1.29 is 0 Å². The highest BCUT2D eigenvalue weighted by Gasteiger charge is 1.84. The molecule has 0 amide bonds. The molecule has 0 fully saturated rings. The van der Waals surface area contributed by atoms with Crippen LogP contribution in [0.25, 0.3) is 0 Å². The Morgan fingerprint density at radius 1 is 1.00 bits per heavy atom. The summed E-state index contributed by atoms with van der Waals surface area (Å²) in [4.78, 5) is 0. The van der Waals surface area contributed by atoms with Gasteiger partial charge in [-0.05, 0) is 31.5 Å². The summed E-state index contributed by atoms with van der Waals surface area (Å²) in [5.74, 6) is 0. The molecular weight excluding hydrogens is 160 g/mol. The Morgan fingerprint density at radius 2 is 1.54 bits per heavy atom. The van der Waals surface area contributed by atoms with Crippen molar-refractivity contribution in [2.45, 2.75) is 19.8 Å². The van der Waals surface area contributed by atoms with Crippen LogP contribution >= 0.6 is 0 Å². The first-order chi connectivity index (χ1) is 6.35. The Balaban J connectivity index is 0.000000310. The molecule has 0 aliphatic rings. The molecule has 13 heavy (non-hydrogen) atoms. The first-order valence-electron chi connectivity index (χ1n) is 4.79. The summed E-state index contributed by atoms with van der Waals surface area (Å²) < 4.78 is 0. The number of hydrogen-bond donors (Lipinski definition) is 2. The van der Waals surface area contributed by atoms with Crippen LogP contribution in [-0.4, -0.2) is 13.1 Å². The SMILES string of the molecule is CCCN.NCCc1ccccc1. The van der Waals surface area contributed by atoms with Crippen LogP contribution in [0.15, 0.2) is 30.3 Å². The first-order valence-corrected chi connectivity index (χ1v) is 4.79. The molecule has 0 radical (unpaired) electrons. The third-order valence-corrected chi connectivity index (χ3v) is 1.56. The van der Waals surface area contributed by atoms with Crippen LogP contribution in [-0.2, 0) is 6.42 Å². The van der Waals surface area contributed by atoms with Gasteiger partial charge in [-0.2, -0.15) is 0 Å².